The quantitative estimate of drug-likeness (QED) is 0.717. The Hall–Kier alpha value is -2.43. The predicted molar refractivity (Wildman–Crippen MR) is 65.8 cm³/mol. The molecule has 0 fully saturated rings. The fraction of sp³-hybridized carbons (Fsp3) is 0.250. The molecule has 2 aromatic heterocycles. The van der Waals surface area contributed by atoms with Gasteiger partial charge in [-0.25, -0.2) is 13.4 Å². The second kappa shape index (κ2) is 4.68. The Morgan fingerprint density at radius 3 is 2.84 bits per heavy atom. The summed E-state index contributed by atoms with van der Waals surface area (Å²) in [5, 5.41) is 7.56. The number of hydrogen-bond acceptors (Lipinski definition) is 7. The molecule has 0 saturated heterocycles. The molecule has 0 radical (unpaired) electrons. The highest BCUT2D eigenvalue weighted by atomic mass is 32.2. The van der Waals surface area contributed by atoms with E-state index < -0.39 is 15.9 Å². The number of nitrogens with two attached hydrogens (primary N) is 1. The normalized spacial score (nSPS) is 11.4. The maximum Gasteiger partial charge on any atom is 0.257 e. The molecule has 0 aliphatic carbocycles. The number of anilines is 2. The molecule has 0 spiro atoms. The fourth-order valence-electron chi connectivity index (χ4n) is 1.33. The third-order valence-electron chi connectivity index (χ3n) is 2.04. The highest BCUT2D eigenvalue weighted by Gasteiger charge is 2.12. The number of aromatic nitrogens is 5. The number of sulfonamides is 1. The van der Waals surface area contributed by atoms with E-state index >= 15 is 0 Å². The highest BCUT2D eigenvalue weighted by Crippen LogP contribution is 2.03. The molecule has 0 aliphatic rings. The fourth-order valence-corrected chi connectivity index (χ4v) is 1.81. The molecule has 2 heterocycles. The van der Waals surface area contributed by atoms with Crippen molar-refractivity contribution in [3.8, 4) is 0 Å². The smallest absolute Gasteiger partial charge is 0.257 e. The van der Waals surface area contributed by atoms with E-state index in [-0.39, 0.29) is 18.3 Å². The maximum atomic E-state index is 11.8. The van der Waals surface area contributed by atoms with Crippen molar-refractivity contribution < 1.29 is 13.2 Å². The Morgan fingerprint density at radius 2 is 2.26 bits per heavy atom. The minimum atomic E-state index is -3.43. The van der Waals surface area contributed by atoms with Crippen LogP contribution >= 0.6 is 0 Å². The largest absolute Gasteiger partial charge is 0.369 e. The molecule has 3 N–H and O–H groups in total. The van der Waals surface area contributed by atoms with Gasteiger partial charge in [-0.2, -0.15) is 9.90 Å². The molecule has 2 aromatic rings. The van der Waals surface area contributed by atoms with Crippen LogP contribution in [0.3, 0.4) is 0 Å². The van der Waals surface area contributed by atoms with Gasteiger partial charge < -0.3 is 5.73 Å². The summed E-state index contributed by atoms with van der Waals surface area (Å²) in [6, 6.07) is 0. The molecule has 11 heteroatoms. The molecule has 0 unspecified atom stereocenters. The zero-order valence-corrected chi connectivity index (χ0v) is 10.7. The van der Waals surface area contributed by atoms with Crippen LogP contribution in [0.1, 0.15) is 4.79 Å². The van der Waals surface area contributed by atoms with Crippen molar-refractivity contribution >= 4 is 27.7 Å². The molecule has 0 atom stereocenters. The molecule has 2 rings (SSSR count). The first-order valence-corrected chi connectivity index (χ1v) is 6.94. The number of nitrogens with one attached hydrogen (secondary N) is 1. The summed E-state index contributed by atoms with van der Waals surface area (Å²) < 4.78 is 25.2. The van der Waals surface area contributed by atoms with Crippen LogP contribution in [0.25, 0.3) is 0 Å². The van der Waals surface area contributed by atoms with Crippen molar-refractivity contribution in [1.82, 2.24) is 24.5 Å². The van der Waals surface area contributed by atoms with Gasteiger partial charge in [-0.15, -0.1) is 5.10 Å². The van der Waals surface area contributed by atoms with Crippen molar-refractivity contribution in [2.75, 3.05) is 16.7 Å². The summed E-state index contributed by atoms with van der Waals surface area (Å²) in [5.41, 5.74) is 5.47. The first-order chi connectivity index (χ1) is 8.85. The maximum absolute atomic E-state index is 11.8. The van der Waals surface area contributed by atoms with Crippen LogP contribution in [0.2, 0.25) is 0 Å². The molecule has 10 nitrogen and oxygen atoms in total. The van der Waals surface area contributed by atoms with Gasteiger partial charge >= 0.3 is 0 Å². The van der Waals surface area contributed by atoms with E-state index in [4.69, 9.17) is 5.73 Å². The lowest BCUT2D eigenvalue weighted by molar-refractivity contribution is 0.0883. The highest BCUT2D eigenvalue weighted by molar-refractivity contribution is 7.92. The van der Waals surface area contributed by atoms with E-state index in [0.717, 1.165) is 15.6 Å². The number of nitrogen functional groups attached to an aromatic ring is 1. The molecule has 19 heavy (non-hydrogen) atoms. The van der Waals surface area contributed by atoms with Crippen molar-refractivity contribution in [2.24, 2.45) is 0 Å². The molecule has 0 bridgehead atoms. The van der Waals surface area contributed by atoms with Gasteiger partial charge in [0.15, 0.2) is 5.82 Å². The SMILES string of the molecule is CS(=O)(=O)Nc1cnn(CC(=O)n2ccnc2N)n1. The molecule has 0 amide bonds. The van der Waals surface area contributed by atoms with E-state index in [2.05, 4.69) is 19.9 Å². The van der Waals surface area contributed by atoms with E-state index in [1.165, 1.54) is 18.6 Å². The van der Waals surface area contributed by atoms with Crippen LogP contribution in [0, 0.1) is 0 Å². The third-order valence-corrected chi connectivity index (χ3v) is 2.62. The van der Waals surface area contributed by atoms with Crippen LogP contribution in [-0.4, -0.2) is 45.1 Å². The zero-order chi connectivity index (χ0) is 14.0. The van der Waals surface area contributed by atoms with E-state index in [0.29, 0.717) is 0 Å². The summed E-state index contributed by atoms with van der Waals surface area (Å²) in [4.78, 5) is 16.6. The van der Waals surface area contributed by atoms with Gasteiger partial charge in [-0.1, -0.05) is 0 Å². The minimum Gasteiger partial charge on any atom is -0.369 e. The van der Waals surface area contributed by atoms with Crippen LogP contribution < -0.4 is 10.5 Å². The van der Waals surface area contributed by atoms with Crippen LogP contribution in [0.15, 0.2) is 18.6 Å². The lowest BCUT2D eigenvalue weighted by Gasteiger charge is -2.02. The average molecular weight is 285 g/mol. The summed E-state index contributed by atoms with van der Waals surface area (Å²) in [6.45, 7) is -0.188. The Morgan fingerprint density at radius 1 is 1.53 bits per heavy atom. The lowest BCUT2D eigenvalue weighted by Crippen LogP contribution is -2.20. The Balaban J connectivity index is 2.09. The first kappa shape index (κ1) is 13.0. The second-order valence-corrected chi connectivity index (χ2v) is 5.43. The van der Waals surface area contributed by atoms with Gasteiger partial charge in [0.2, 0.25) is 16.0 Å². The summed E-state index contributed by atoms with van der Waals surface area (Å²) in [6.07, 6.45) is 4.99. The number of hydrogen-bond donors (Lipinski definition) is 2. The number of carbonyl (C=O) groups is 1. The molecular formula is C8H11N7O3S. The Kier molecular flexibility index (Phi) is 3.21. The van der Waals surface area contributed by atoms with Gasteiger partial charge in [0.1, 0.15) is 6.54 Å². The standard InChI is InChI=1S/C8H11N7O3S/c1-19(17,18)13-6-4-11-15(12-6)5-7(16)14-3-2-10-8(14)9/h2-4H,5H2,1H3,(H2,9,10)(H,12,13). The average Bonchev–Trinajstić information content (AvgIpc) is 2.85. The summed E-state index contributed by atoms with van der Waals surface area (Å²) in [7, 11) is -3.43. The molecular weight excluding hydrogens is 274 g/mol. The number of carbonyl (C=O) groups excluding carboxylic acids is 1. The topological polar surface area (TPSA) is 138 Å². The van der Waals surface area contributed by atoms with Gasteiger partial charge in [-0.3, -0.25) is 14.1 Å². The number of imidazole rings is 1. The number of nitrogens with zero attached hydrogens (tertiary/aromatic N) is 5. The monoisotopic (exact) mass is 285 g/mol. The van der Waals surface area contributed by atoms with Crippen molar-refractivity contribution in [2.45, 2.75) is 6.54 Å². The second-order valence-electron chi connectivity index (χ2n) is 3.68. The first-order valence-electron chi connectivity index (χ1n) is 5.05. The Bertz CT molecular complexity index is 702. The van der Waals surface area contributed by atoms with Gasteiger partial charge in [0.05, 0.1) is 12.5 Å². The minimum absolute atomic E-state index is 0.0360. The predicted octanol–water partition coefficient (Wildman–Crippen LogP) is -1.23. The number of rotatable bonds is 4. The van der Waals surface area contributed by atoms with Crippen molar-refractivity contribution in [1.29, 1.82) is 0 Å². The molecule has 102 valence electrons. The van der Waals surface area contributed by atoms with Gasteiger partial charge in [0.25, 0.3) is 5.91 Å². The van der Waals surface area contributed by atoms with Crippen LogP contribution in [0.5, 0.6) is 0 Å². The lowest BCUT2D eigenvalue weighted by atomic mass is 10.6. The molecule has 0 aliphatic heterocycles. The van der Waals surface area contributed by atoms with Gasteiger partial charge in [-0.05, 0) is 0 Å². The summed E-state index contributed by atoms with van der Waals surface area (Å²) >= 11 is 0. The molecule has 0 aromatic carbocycles. The van der Waals surface area contributed by atoms with Crippen LogP contribution in [0.4, 0.5) is 11.8 Å². The molecule has 0 saturated carbocycles. The zero-order valence-electron chi connectivity index (χ0n) is 9.89. The Labute approximate surface area is 108 Å². The third kappa shape index (κ3) is 3.28. The van der Waals surface area contributed by atoms with E-state index in [1.807, 2.05) is 0 Å². The van der Waals surface area contributed by atoms with E-state index in [9.17, 15) is 13.2 Å². The summed E-state index contributed by atoms with van der Waals surface area (Å²) in [5.74, 6) is -0.294. The van der Waals surface area contributed by atoms with Crippen molar-refractivity contribution in [3.05, 3.63) is 18.6 Å². The van der Waals surface area contributed by atoms with Crippen molar-refractivity contribution in [3.63, 3.8) is 0 Å². The van der Waals surface area contributed by atoms with Crippen LogP contribution in [-0.2, 0) is 16.6 Å². The van der Waals surface area contributed by atoms with E-state index in [1.54, 1.807) is 0 Å². The van der Waals surface area contributed by atoms with Gasteiger partial charge in [0, 0.05) is 12.4 Å².